The number of nitrogens with one attached hydrogen (secondary N) is 1. The number of nitrogens with zero attached hydrogens (tertiary/aromatic N) is 2. The van der Waals surface area contributed by atoms with E-state index in [4.69, 9.17) is 15.2 Å². The zero-order valence-electron chi connectivity index (χ0n) is 15.0. The van der Waals surface area contributed by atoms with E-state index in [-0.39, 0.29) is 12.1 Å². The zero-order chi connectivity index (χ0) is 18.1. The van der Waals surface area contributed by atoms with Gasteiger partial charge in [0.1, 0.15) is 5.75 Å². The third-order valence-electron chi connectivity index (χ3n) is 4.07. The molecule has 1 fully saturated rings. The first-order valence-corrected chi connectivity index (χ1v) is 8.82. The molecule has 1 aromatic carbocycles. The molecule has 1 aromatic rings. The van der Waals surface area contributed by atoms with Crippen LogP contribution in [0.2, 0.25) is 0 Å². The van der Waals surface area contributed by atoms with E-state index < -0.39 is 0 Å². The van der Waals surface area contributed by atoms with Crippen molar-refractivity contribution >= 4 is 12.1 Å². The van der Waals surface area contributed by atoms with E-state index in [0.717, 1.165) is 24.2 Å². The number of guanidine groups is 1. The average molecular weight is 348 g/mol. The van der Waals surface area contributed by atoms with Crippen molar-refractivity contribution in [2.75, 3.05) is 26.3 Å². The Bertz CT molecular complexity index is 583. The van der Waals surface area contributed by atoms with Crippen molar-refractivity contribution in [3.8, 4) is 5.75 Å². The van der Waals surface area contributed by atoms with Gasteiger partial charge in [-0.05, 0) is 32.8 Å². The Morgan fingerprint density at radius 2 is 2.00 bits per heavy atom. The van der Waals surface area contributed by atoms with Gasteiger partial charge in [0.15, 0.2) is 5.96 Å². The predicted octanol–water partition coefficient (Wildman–Crippen LogP) is 2.11. The summed E-state index contributed by atoms with van der Waals surface area (Å²) in [5.74, 6) is 1.25. The predicted molar refractivity (Wildman–Crippen MR) is 97.7 cm³/mol. The van der Waals surface area contributed by atoms with Gasteiger partial charge < -0.3 is 25.4 Å². The van der Waals surface area contributed by atoms with Crippen LogP contribution < -0.4 is 15.8 Å². The normalized spacial score (nSPS) is 15.8. The number of hydrogen-bond donors (Lipinski definition) is 2. The highest BCUT2D eigenvalue weighted by molar-refractivity contribution is 5.78. The number of aliphatic imine (C=N–C) groups is 1. The van der Waals surface area contributed by atoms with Crippen molar-refractivity contribution in [3.63, 3.8) is 0 Å². The first-order valence-electron chi connectivity index (χ1n) is 8.82. The van der Waals surface area contributed by atoms with E-state index in [0.29, 0.717) is 38.8 Å². The molecule has 25 heavy (non-hydrogen) atoms. The molecule has 7 nitrogen and oxygen atoms in total. The van der Waals surface area contributed by atoms with Crippen molar-refractivity contribution in [1.29, 1.82) is 0 Å². The molecular weight excluding hydrogens is 320 g/mol. The number of likely N-dealkylation sites (tertiary alicyclic amines) is 1. The quantitative estimate of drug-likeness (QED) is 0.607. The minimum Gasteiger partial charge on any atom is -0.494 e. The fourth-order valence-corrected chi connectivity index (χ4v) is 2.78. The first kappa shape index (κ1) is 18.9. The monoisotopic (exact) mass is 348 g/mol. The van der Waals surface area contributed by atoms with E-state index >= 15 is 0 Å². The number of carbonyl (C=O) groups is 1. The van der Waals surface area contributed by atoms with E-state index in [9.17, 15) is 4.79 Å². The molecule has 0 aliphatic carbocycles. The van der Waals surface area contributed by atoms with Gasteiger partial charge in [0.2, 0.25) is 0 Å². The van der Waals surface area contributed by atoms with E-state index in [1.165, 1.54) is 0 Å². The Kier molecular flexibility index (Phi) is 7.37. The van der Waals surface area contributed by atoms with Crippen LogP contribution in [-0.4, -0.2) is 49.3 Å². The largest absolute Gasteiger partial charge is 0.494 e. The first-order chi connectivity index (χ1) is 12.1. The van der Waals surface area contributed by atoms with Gasteiger partial charge in [0.25, 0.3) is 0 Å². The molecule has 0 aromatic heterocycles. The summed E-state index contributed by atoms with van der Waals surface area (Å²) < 4.78 is 10.6. The van der Waals surface area contributed by atoms with Gasteiger partial charge in [-0.25, -0.2) is 9.79 Å². The van der Waals surface area contributed by atoms with Gasteiger partial charge in [-0.15, -0.1) is 0 Å². The second kappa shape index (κ2) is 9.76. The highest BCUT2D eigenvalue weighted by Gasteiger charge is 2.23. The summed E-state index contributed by atoms with van der Waals surface area (Å²) in [6.45, 7) is 6.59. The molecule has 0 radical (unpaired) electrons. The summed E-state index contributed by atoms with van der Waals surface area (Å²) in [5, 5.41) is 3.24. The summed E-state index contributed by atoms with van der Waals surface area (Å²) >= 11 is 0. The van der Waals surface area contributed by atoms with Crippen LogP contribution in [0.4, 0.5) is 4.79 Å². The number of benzene rings is 1. The SMILES string of the molecule is CCOC(=O)N1CCC(NC(N)=NCc2ccccc2OCC)CC1. The van der Waals surface area contributed by atoms with Crippen LogP contribution in [0.1, 0.15) is 32.3 Å². The van der Waals surface area contributed by atoms with Crippen LogP contribution in [0.25, 0.3) is 0 Å². The fraction of sp³-hybridized carbons (Fsp3) is 0.556. The molecule has 7 heteroatoms. The molecule has 2 rings (SSSR count). The molecule has 138 valence electrons. The maximum Gasteiger partial charge on any atom is 0.409 e. The minimum atomic E-state index is -0.241. The minimum absolute atomic E-state index is 0.219. The molecule has 0 unspecified atom stereocenters. The number of rotatable bonds is 6. The maximum atomic E-state index is 11.7. The highest BCUT2D eigenvalue weighted by atomic mass is 16.6. The van der Waals surface area contributed by atoms with Crippen LogP contribution in [0.5, 0.6) is 5.75 Å². The van der Waals surface area contributed by atoms with Gasteiger partial charge in [0.05, 0.1) is 19.8 Å². The number of carbonyl (C=O) groups excluding carboxylic acids is 1. The summed E-state index contributed by atoms with van der Waals surface area (Å²) in [7, 11) is 0. The summed E-state index contributed by atoms with van der Waals surface area (Å²) in [4.78, 5) is 17.8. The average Bonchev–Trinajstić information content (AvgIpc) is 2.62. The third-order valence-corrected chi connectivity index (χ3v) is 4.07. The van der Waals surface area contributed by atoms with Crippen molar-refractivity contribution in [2.45, 2.75) is 39.3 Å². The molecule has 1 aliphatic heterocycles. The lowest BCUT2D eigenvalue weighted by Crippen LogP contribution is -2.48. The molecule has 0 spiro atoms. The van der Waals surface area contributed by atoms with Crippen LogP contribution in [0.3, 0.4) is 0 Å². The number of ether oxygens (including phenoxy) is 2. The molecule has 0 bridgehead atoms. The van der Waals surface area contributed by atoms with E-state index in [2.05, 4.69) is 10.3 Å². The topological polar surface area (TPSA) is 89.2 Å². The lowest BCUT2D eigenvalue weighted by Gasteiger charge is -2.31. The van der Waals surface area contributed by atoms with Crippen LogP contribution in [-0.2, 0) is 11.3 Å². The molecule has 1 aliphatic rings. The molecule has 0 saturated carbocycles. The highest BCUT2D eigenvalue weighted by Crippen LogP contribution is 2.18. The second-order valence-electron chi connectivity index (χ2n) is 5.85. The molecule has 3 N–H and O–H groups in total. The molecule has 1 heterocycles. The Labute approximate surface area is 149 Å². The lowest BCUT2D eigenvalue weighted by atomic mass is 10.1. The molecule has 1 saturated heterocycles. The second-order valence-corrected chi connectivity index (χ2v) is 5.85. The molecule has 1 amide bonds. The van der Waals surface area contributed by atoms with Gasteiger partial charge in [-0.3, -0.25) is 0 Å². The Balaban J connectivity index is 1.81. The number of amides is 1. The van der Waals surface area contributed by atoms with Crippen molar-refractivity contribution in [1.82, 2.24) is 10.2 Å². The van der Waals surface area contributed by atoms with Crippen molar-refractivity contribution in [2.24, 2.45) is 10.7 Å². The van der Waals surface area contributed by atoms with Gasteiger partial charge in [0, 0.05) is 24.7 Å². The summed E-state index contributed by atoms with van der Waals surface area (Å²) in [6.07, 6.45) is 1.41. The third kappa shape index (κ3) is 5.85. The van der Waals surface area contributed by atoms with E-state index in [1.54, 1.807) is 4.90 Å². The Morgan fingerprint density at radius 1 is 1.28 bits per heavy atom. The van der Waals surface area contributed by atoms with Crippen LogP contribution in [0.15, 0.2) is 29.3 Å². The van der Waals surface area contributed by atoms with Gasteiger partial charge in [-0.1, -0.05) is 18.2 Å². The number of hydrogen-bond acceptors (Lipinski definition) is 4. The maximum absolute atomic E-state index is 11.7. The fourth-order valence-electron chi connectivity index (χ4n) is 2.78. The summed E-state index contributed by atoms with van der Waals surface area (Å²) in [6, 6.07) is 8.04. The number of piperidine rings is 1. The Morgan fingerprint density at radius 3 is 2.68 bits per heavy atom. The van der Waals surface area contributed by atoms with Crippen molar-refractivity contribution in [3.05, 3.63) is 29.8 Å². The smallest absolute Gasteiger partial charge is 0.409 e. The van der Waals surface area contributed by atoms with Gasteiger partial charge >= 0.3 is 6.09 Å². The van der Waals surface area contributed by atoms with Crippen molar-refractivity contribution < 1.29 is 14.3 Å². The van der Waals surface area contributed by atoms with Gasteiger partial charge in [-0.2, -0.15) is 0 Å². The van der Waals surface area contributed by atoms with Crippen LogP contribution >= 0.6 is 0 Å². The number of nitrogens with two attached hydrogens (primary N) is 1. The Hall–Kier alpha value is -2.44. The number of para-hydroxylation sites is 1. The zero-order valence-corrected chi connectivity index (χ0v) is 15.0. The lowest BCUT2D eigenvalue weighted by molar-refractivity contribution is 0.0963. The standard InChI is InChI=1S/C18H28N4O3/c1-3-24-16-8-6-5-7-14(16)13-20-17(19)21-15-9-11-22(12-10-15)18(23)25-4-2/h5-8,15H,3-4,9-13H2,1-2H3,(H3,19,20,21). The van der Waals surface area contributed by atoms with Crippen LogP contribution in [0, 0.1) is 0 Å². The summed E-state index contributed by atoms with van der Waals surface area (Å²) in [5.41, 5.74) is 7.02. The molecule has 0 atom stereocenters. The molecular formula is C18H28N4O3. The van der Waals surface area contributed by atoms with E-state index in [1.807, 2.05) is 38.1 Å².